The molecule has 1 aliphatic heterocycles. The summed E-state index contributed by atoms with van der Waals surface area (Å²) in [6.07, 6.45) is 1.66. The lowest BCUT2D eigenvalue weighted by atomic mass is 10.2. The van der Waals surface area contributed by atoms with E-state index in [0.29, 0.717) is 13.1 Å². The van der Waals surface area contributed by atoms with Crippen LogP contribution in [0.4, 0.5) is 11.4 Å². The predicted molar refractivity (Wildman–Crippen MR) is 93.2 cm³/mol. The summed E-state index contributed by atoms with van der Waals surface area (Å²) in [6, 6.07) is 8.41. The molecule has 5 nitrogen and oxygen atoms in total. The Bertz CT molecular complexity index is 562. The molecule has 1 aromatic carbocycles. The number of hydrogen-bond donors (Lipinski definition) is 0. The third-order valence-corrected chi connectivity index (χ3v) is 6.08. The van der Waals surface area contributed by atoms with Crippen LogP contribution >= 0.6 is 0 Å². The van der Waals surface area contributed by atoms with Crippen LogP contribution in [-0.4, -0.2) is 58.8 Å². The molecule has 1 saturated heterocycles. The highest BCUT2D eigenvalue weighted by Gasteiger charge is 2.26. The molecule has 0 aromatic heterocycles. The summed E-state index contributed by atoms with van der Waals surface area (Å²) in [5.74, 6) is 0.279. The van der Waals surface area contributed by atoms with Crippen molar-refractivity contribution in [3.05, 3.63) is 24.3 Å². The zero-order valence-electron chi connectivity index (χ0n) is 13.8. The molecule has 124 valence electrons. The molecule has 0 unspecified atom stereocenters. The number of benzene rings is 1. The maximum atomic E-state index is 12.2. The molecular weight excluding hydrogens is 298 g/mol. The first-order valence-corrected chi connectivity index (χ1v) is 9.55. The number of piperazine rings is 1. The van der Waals surface area contributed by atoms with E-state index in [1.165, 1.54) is 5.69 Å². The van der Waals surface area contributed by atoms with Gasteiger partial charge >= 0.3 is 0 Å². The van der Waals surface area contributed by atoms with Crippen molar-refractivity contribution in [1.29, 1.82) is 0 Å². The van der Waals surface area contributed by atoms with E-state index in [1.807, 2.05) is 21.0 Å². The molecule has 22 heavy (non-hydrogen) atoms. The largest absolute Gasteiger partial charge is 0.378 e. The number of sulfonamides is 1. The summed E-state index contributed by atoms with van der Waals surface area (Å²) in [6.45, 7) is 4.70. The minimum absolute atomic E-state index is 0.279. The molecule has 0 saturated carbocycles. The lowest BCUT2D eigenvalue weighted by molar-refractivity contribution is 0.384. The minimum atomic E-state index is -3.07. The Kier molecular flexibility index (Phi) is 5.69. The van der Waals surface area contributed by atoms with Gasteiger partial charge in [0.25, 0.3) is 0 Å². The van der Waals surface area contributed by atoms with E-state index in [0.717, 1.165) is 31.6 Å². The van der Waals surface area contributed by atoms with Gasteiger partial charge in [-0.1, -0.05) is 13.3 Å². The molecule has 1 aliphatic rings. The predicted octanol–water partition coefficient (Wildman–Crippen LogP) is 2.00. The number of rotatable bonds is 6. The third kappa shape index (κ3) is 4.14. The van der Waals surface area contributed by atoms with Crippen LogP contribution in [0.5, 0.6) is 0 Å². The van der Waals surface area contributed by atoms with Gasteiger partial charge in [-0.05, 0) is 30.7 Å². The van der Waals surface area contributed by atoms with E-state index in [2.05, 4.69) is 34.1 Å². The van der Waals surface area contributed by atoms with Gasteiger partial charge < -0.3 is 9.80 Å². The maximum Gasteiger partial charge on any atom is 0.214 e. The molecule has 0 amide bonds. The molecule has 1 aromatic rings. The second-order valence-electron chi connectivity index (χ2n) is 5.97. The second-order valence-corrected chi connectivity index (χ2v) is 8.05. The minimum Gasteiger partial charge on any atom is -0.378 e. The normalized spacial score (nSPS) is 16.8. The van der Waals surface area contributed by atoms with Crippen molar-refractivity contribution in [1.82, 2.24) is 4.31 Å². The van der Waals surface area contributed by atoms with E-state index in [4.69, 9.17) is 0 Å². The highest BCUT2D eigenvalue weighted by molar-refractivity contribution is 7.89. The summed E-state index contributed by atoms with van der Waals surface area (Å²) in [5.41, 5.74) is 2.33. The van der Waals surface area contributed by atoms with Crippen LogP contribution in [0.2, 0.25) is 0 Å². The van der Waals surface area contributed by atoms with Crippen LogP contribution < -0.4 is 9.80 Å². The highest BCUT2D eigenvalue weighted by atomic mass is 32.2. The van der Waals surface area contributed by atoms with Crippen molar-refractivity contribution < 1.29 is 8.42 Å². The average molecular weight is 325 g/mol. The molecule has 1 fully saturated rings. The summed E-state index contributed by atoms with van der Waals surface area (Å²) in [5, 5.41) is 0. The molecule has 0 spiro atoms. The number of hydrogen-bond acceptors (Lipinski definition) is 4. The van der Waals surface area contributed by atoms with Crippen molar-refractivity contribution in [2.24, 2.45) is 0 Å². The van der Waals surface area contributed by atoms with E-state index in [1.54, 1.807) is 4.31 Å². The Balaban J connectivity index is 1.94. The van der Waals surface area contributed by atoms with Crippen LogP contribution in [0.3, 0.4) is 0 Å². The molecule has 0 bridgehead atoms. The topological polar surface area (TPSA) is 43.9 Å². The number of unbranched alkanes of at least 4 members (excludes halogenated alkanes) is 1. The van der Waals surface area contributed by atoms with Gasteiger partial charge in [0.15, 0.2) is 0 Å². The molecule has 1 heterocycles. The molecule has 0 atom stereocenters. The quantitative estimate of drug-likeness (QED) is 0.802. The van der Waals surface area contributed by atoms with Crippen molar-refractivity contribution in [2.75, 3.05) is 55.8 Å². The van der Waals surface area contributed by atoms with Gasteiger partial charge in [-0.15, -0.1) is 0 Å². The fourth-order valence-electron chi connectivity index (χ4n) is 2.64. The molecule has 0 N–H and O–H groups in total. The lowest BCUT2D eigenvalue weighted by Crippen LogP contribution is -2.49. The number of nitrogens with zero attached hydrogens (tertiary/aromatic N) is 3. The van der Waals surface area contributed by atoms with Gasteiger partial charge in [-0.3, -0.25) is 0 Å². The maximum absolute atomic E-state index is 12.2. The first-order chi connectivity index (χ1) is 10.4. The zero-order chi connectivity index (χ0) is 16.2. The Morgan fingerprint density at radius 2 is 1.64 bits per heavy atom. The molecule has 0 radical (unpaired) electrons. The monoisotopic (exact) mass is 325 g/mol. The number of anilines is 2. The standard InChI is InChI=1S/C16H27N3O2S/c1-4-5-14-22(20,21)19-12-10-18(11-13-19)16-8-6-15(7-9-16)17(2)3/h6-9H,4-5,10-14H2,1-3H3. The summed E-state index contributed by atoms with van der Waals surface area (Å²) >= 11 is 0. The van der Waals surface area contributed by atoms with Gasteiger partial charge in [0, 0.05) is 51.6 Å². The Labute approximate surface area is 134 Å². The van der Waals surface area contributed by atoms with Gasteiger partial charge in [0.05, 0.1) is 5.75 Å². The van der Waals surface area contributed by atoms with Crippen molar-refractivity contribution in [3.63, 3.8) is 0 Å². The Morgan fingerprint density at radius 3 is 2.14 bits per heavy atom. The van der Waals surface area contributed by atoms with Crippen LogP contribution in [-0.2, 0) is 10.0 Å². The van der Waals surface area contributed by atoms with Crippen molar-refractivity contribution in [2.45, 2.75) is 19.8 Å². The van der Waals surface area contributed by atoms with Crippen LogP contribution in [0.1, 0.15) is 19.8 Å². The van der Waals surface area contributed by atoms with Gasteiger partial charge in [-0.2, -0.15) is 4.31 Å². The van der Waals surface area contributed by atoms with E-state index in [9.17, 15) is 8.42 Å². The van der Waals surface area contributed by atoms with E-state index >= 15 is 0 Å². The van der Waals surface area contributed by atoms with Gasteiger partial charge in [-0.25, -0.2) is 8.42 Å². The first kappa shape index (κ1) is 17.1. The van der Waals surface area contributed by atoms with E-state index in [-0.39, 0.29) is 5.75 Å². The zero-order valence-corrected chi connectivity index (χ0v) is 14.6. The highest BCUT2D eigenvalue weighted by Crippen LogP contribution is 2.21. The van der Waals surface area contributed by atoms with Crippen molar-refractivity contribution >= 4 is 21.4 Å². The second kappa shape index (κ2) is 7.33. The van der Waals surface area contributed by atoms with E-state index < -0.39 is 10.0 Å². The molecule has 0 aliphatic carbocycles. The summed E-state index contributed by atoms with van der Waals surface area (Å²) in [7, 11) is 0.976. The van der Waals surface area contributed by atoms with Crippen molar-refractivity contribution in [3.8, 4) is 0 Å². The fraction of sp³-hybridized carbons (Fsp3) is 0.625. The van der Waals surface area contributed by atoms with Crippen LogP contribution in [0.25, 0.3) is 0 Å². The Morgan fingerprint density at radius 1 is 1.05 bits per heavy atom. The molecule has 6 heteroatoms. The smallest absolute Gasteiger partial charge is 0.214 e. The third-order valence-electron chi connectivity index (χ3n) is 4.12. The van der Waals surface area contributed by atoms with Gasteiger partial charge in [0.2, 0.25) is 10.0 Å². The lowest BCUT2D eigenvalue weighted by Gasteiger charge is -2.35. The van der Waals surface area contributed by atoms with Crippen LogP contribution in [0.15, 0.2) is 24.3 Å². The van der Waals surface area contributed by atoms with Crippen LogP contribution in [0, 0.1) is 0 Å². The summed E-state index contributed by atoms with van der Waals surface area (Å²) < 4.78 is 26.1. The first-order valence-electron chi connectivity index (χ1n) is 7.94. The average Bonchev–Trinajstić information content (AvgIpc) is 2.53. The SMILES string of the molecule is CCCCS(=O)(=O)N1CCN(c2ccc(N(C)C)cc2)CC1. The summed E-state index contributed by atoms with van der Waals surface area (Å²) in [4.78, 5) is 4.33. The molecular formula is C16H27N3O2S. The Hall–Kier alpha value is -1.27. The fourth-order valence-corrected chi connectivity index (χ4v) is 4.27. The molecule has 2 rings (SSSR count). The van der Waals surface area contributed by atoms with Gasteiger partial charge in [0.1, 0.15) is 0 Å².